The molecule has 0 unspecified atom stereocenters. The number of aryl methyl sites for hydroxylation is 1. The van der Waals surface area contributed by atoms with Gasteiger partial charge in [-0.15, -0.1) is 11.3 Å². The molecule has 1 fully saturated rings. The van der Waals surface area contributed by atoms with Gasteiger partial charge in [0.05, 0.1) is 0 Å². The fourth-order valence-electron chi connectivity index (χ4n) is 2.08. The summed E-state index contributed by atoms with van der Waals surface area (Å²) in [5.74, 6) is -0.818. The van der Waals surface area contributed by atoms with Crippen LogP contribution in [0.3, 0.4) is 0 Å². The standard InChI is InChI=1S/C12H18N2O2S/c1-9-10(7-11(17-9)12(15)16)8-14-5-2-3-13-4-6-14/h7,13H,2-6,8H2,1H3,(H,15,16). The lowest BCUT2D eigenvalue weighted by Gasteiger charge is -2.19. The highest BCUT2D eigenvalue weighted by atomic mass is 32.1. The van der Waals surface area contributed by atoms with Crippen molar-refractivity contribution in [2.24, 2.45) is 0 Å². The van der Waals surface area contributed by atoms with Gasteiger partial charge in [-0.2, -0.15) is 0 Å². The van der Waals surface area contributed by atoms with E-state index in [1.807, 2.05) is 13.0 Å². The second-order valence-electron chi connectivity index (χ2n) is 4.38. The summed E-state index contributed by atoms with van der Waals surface area (Å²) in [5, 5.41) is 12.3. The van der Waals surface area contributed by atoms with Gasteiger partial charge in [0.1, 0.15) is 4.88 Å². The van der Waals surface area contributed by atoms with Gasteiger partial charge in [0.25, 0.3) is 0 Å². The second-order valence-corrected chi connectivity index (χ2v) is 5.63. The zero-order valence-corrected chi connectivity index (χ0v) is 10.8. The number of nitrogens with zero attached hydrogens (tertiary/aromatic N) is 1. The quantitative estimate of drug-likeness (QED) is 0.859. The molecule has 1 aliphatic rings. The summed E-state index contributed by atoms with van der Waals surface area (Å²) in [6, 6.07) is 1.82. The molecule has 0 bridgehead atoms. The third-order valence-electron chi connectivity index (χ3n) is 3.06. The lowest BCUT2D eigenvalue weighted by Crippen LogP contribution is -2.27. The van der Waals surface area contributed by atoms with Crippen molar-refractivity contribution in [1.29, 1.82) is 0 Å². The number of thiophene rings is 1. The summed E-state index contributed by atoms with van der Waals surface area (Å²) in [6.45, 7) is 7.11. The topological polar surface area (TPSA) is 52.6 Å². The Morgan fingerprint density at radius 1 is 1.53 bits per heavy atom. The molecule has 94 valence electrons. The molecule has 2 heterocycles. The Kier molecular flexibility index (Phi) is 4.15. The number of carboxylic acid groups (broad SMARTS) is 1. The molecule has 0 saturated carbocycles. The smallest absolute Gasteiger partial charge is 0.345 e. The van der Waals surface area contributed by atoms with E-state index in [2.05, 4.69) is 10.2 Å². The minimum Gasteiger partial charge on any atom is -0.477 e. The third-order valence-corrected chi connectivity index (χ3v) is 4.14. The third kappa shape index (κ3) is 3.28. The van der Waals surface area contributed by atoms with Crippen LogP contribution in [0.25, 0.3) is 0 Å². The number of rotatable bonds is 3. The second kappa shape index (κ2) is 5.62. The molecule has 1 aromatic rings. The Labute approximate surface area is 105 Å². The monoisotopic (exact) mass is 254 g/mol. The first kappa shape index (κ1) is 12.5. The first-order valence-electron chi connectivity index (χ1n) is 5.92. The van der Waals surface area contributed by atoms with Crippen LogP contribution >= 0.6 is 11.3 Å². The summed E-state index contributed by atoms with van der Waals surface area (Å²) >= 11 is 1.37. The number of hydrogen-bond donors (Lipinski definition) is 2. The van der Waals surface area contributed by atoms with Gasteiger partial charge in [0, 0.05) is 24.5 Å². The summed E-state index contributed by atoms with van der Waals surface area (Å²) in [6.07, 6.45) is 1.16. The number of carboxylic acids is 1. The Morgan fingerprint density at radius 3 is 3.06 bits per heavy atom. The highest BCUT2D eigenvalue weighted by molar-refractivity contribution is 7.14. The van der Waals surface area contributed by atoms with E-state index in [4.69, 9.17) is 5.11 Å². The average Bonchev–Trinajstić information content (AvgIpc) is 2.52. The van der Waals surface area contributed by atoms with Crippen molar-refractivity contribution < 1.29 is 9.90 Å². The van der Waals surface area contributed by atoms with Crippen LogP contribution in [0.4, 0.5) is 0 Å². The maximum Gasteiger partial charge on any atom is 0.345 e. The molecule has 17 heavy (non-hydrogen) atoms. The Hall–Kier alpha value is -0.910. The zero-order chi connectivity index (χ0) is 12.3. The van der Waals surface area contributed by atoms with Gasteiger partial charge in [-0.1, -0.05) is 0 Å². The molecule has 0 radical (unpaired) electrons. The molecule has 0 aliphatic carbocycles. The molecule has 5 heteroatoms. The van der Waals surface area contributed by atoms with Crippen molar-refractivity contribution >= 4 is 17.3 Å². The van der Waals surface area contributed by atoms with Gasteiger partial charge in [0.2, 0.25) is 0 Å². The lowest BCUT2D eigenvalue weighted by atomic mass is 10.2. The van der Waals surface area contributed by atoms with E-state index in [-0.39, 0.29) is 0 Å². The molecular weight excluding hydrogens is 236 g/mol. The van der Waals surface area contributed by atoms with E-state index in [0.717, 1.165) is 49.6 Å². The van der Waals surface area contributed by atoms with Gasteiger partial charge in [-0.05, 0) is 38.1 Å². The summed E-state index contributed by atoms with van der Waals surface area (Å²) < 4.78 is 0. The molecule has 2 N–H and O–H groups in total. The highest BCUT2D eigenvalue weighted by Crippen LogP contribution is 2.23. The molecule has 1 aromatic heterocycles. The predicted octanol–water partition coefficient (Wildman–Crippen LogP) is 1.55. The van der Waals surface area contributed by atoms with Gasteiger partial charge in [-0.25, -0.2) is 4.79 Å². The van der Waals surface area contributed by atoms with E-state index >= 15 is 0 Å². The molecule has 0 amide bonds. The van der Waals surface area contributed by atoms with Crippen LogP contribution in [0.5, 0.6) is 0 Å². The van der Waals surface area contributed by atoms with Crippen molar-refractivity contribution in [1.82, 2.24) is 10.2 Å². The molecule has 4 nitrogen and oxygen atoms in total. The fraction of sp³-hybridized carbons (Fsp3) is 0.583. The van der Waals surface area contributed by atoms with Crippen molar-refractivity contribution in [2.75, 3.05) is 26.2 Å². The van der Waals surface area contributed by atoms with Crippen molar-refractivity contribution in [2.45, 2.75) is 19.9 Å². The zero-order valence-electron chi connectivity index (χ0n) is 10.0. The summed E-state index contributed by atoms with van der Waals surface area (Å²) in [7, 11) is 0. The Balaban J connectivity index is 2.04. The van der Waals surface area contributed by atoms with Gasteiger partial charge >= 0.3 is 5.97 Å². The largest absolute Gasteiger partial charge is 0.477 e. The number of hydrogen-bond acceptors (Lipinski definition) is 4. The number of carbonyl (C=O) groups is 1. The van der Waals surface area contributed by atoms with E-state index in [0.29, 0.717) is 4.88 Å². The van der Waals surface area contributed by atoms with E-state index in [9.17, 15) is 4.79 Å². The maximum absolute atomic E-state index is 10.9. The maximum atomic E-state index is 10.9. The number of aromatic carboxylic acids is 1. The van der Waals surface area contributed by atoms with Crippen LogP contribution in [0.2, 0.25) is 0 Å². The molecule has 0 spiro atoms. The average molecular weight is 254 g/mol. The first-order valence-corrected chi connectivity index (χ1v) is 6.74. The van der Waals surface area contributed by atoms with Crippen molar-refractivity contribution in [3.05, 3.63) is 21.4 Å². The fourth-order valence-corrected chi connectivity index (χ4v) is 2.96. The van der Waals surface area contributed by atoms with Crippen LogP contribution < -0.4 is 5.32 Å². The summed E-state index contributed by atoms with van der Waals surface area (Å²) in [4.78, 5) is 14.9. The highest BCUT2D eigenvalue weighted by Gasteiger charge is 2.14. The minimum absolute atomic E-state index is 0.449. The SMILES string of the molecule is Cc1sc(C(=O)O)cc1CN1CCCNCC1. The van der Waals surface area contributed by atoms with Gasteiger partial charge in [0.15, 0.2) is 0 Å². The van der Waals surface area contributed by atoms with Gasteiger partial charge < -0.3 is 10.4 Å². The molecular formula is C12H18N2O2S. The van der Waals surface area contributed by atoms with Crippen LogP contribution in [-0.4, -0.2) is 42.2 Å². The molecule has 0 aromatic carbocycles. The van der Waals surface area contributed by atoms with Gasteiger partial charge in [-0.3, -0.25) is 4.90 Å². The molecule has 2 rings (SSSR count). The Morgan fingerprint density at radius 2 is 2.35 bits per heavy atom. The number of nitrogens with one attached hydrogen (secondary N) is 1. The van der Waals surface area contributed by atoms with Crippen molar-refractivity contribution in [3.8, 4) is 0 Å². The minimum atomic E-state index is -0.818. The van der Waals surface area contributed by atoms with Crippen molar-refractivity contribution in [3.63, 3.8) is 0 Å². The van der Waals surface area contributed by atoms with Crippen LogP contribution in [0.1, 0.15) is 26.5 Å². The van der Waals surface area contributed by atoms with E-state index < -0.39 is 5.97 Å². The van der Waals surface area contributed by atoms with Crippen LogP contribution in [0, 0.1) is 6.92 Å². The van der Waals surface area contributed by atoms with E-state index in [1.165, 1.54) is 11.3 Å². The Bertz CT molecular complexity index is 395. The molecule has 1 aliphatic heterocycles. The molecule has 0 atom stereocenters. The summed E-state index contributed by atoms with van der Waals surface area (Å²) in [5.41, 5.74) is 1.16. The van der Waals surface area contributed by atoms with Crippen LogP contribution in [0.15, 0.2) is 6.07 Å². The van der Waals surface area contributed by atoms with Crippen LogP contribution in [-0.2, 0) is 6.54 Å². The molecule has 1 saturated heterocycles. The normalized spacial score (nSPS) is 17.9. The lowest BCUT2D eigenvalue weighted by molar-refractivity contribution is 0.0702. The predicted molar refractivity (Wildman–Crippen MR) is 68.8 cm³/mol. The first-order chi connectivity index (χ1) is 8.16. The van der Waals surface area contributed by atoms with E-state index in [1.54, 1.807) is 0 Å².